The van der Waals surface area contributed by atoms with Crippen LogP contribution in [0.3, 0.4) is 0 Å². The van der Waals surface area contributed by atoms with Gasteiger partial charge in [0.25, 0.3) is 0 Å². The van der Waals surface area contributed by atoms with Crippen LogP contribution in [0, 0.1) is 0 Å². The summed E-state index contributed by atoms with van der Waals surface area (Å²) in [5.41, 5.74) is 0.953. The van der Waals surface area contributed by atoms with Gasteiger partial charge in [0.1, 0.15) is 0 Å². The fraction of sp³-hybridized carbons (Fsp3) is 0.100. The molecule has 1 aromatic carbocycles. The molecule has 72 valence electrons. The van der Waals surface area contributed by atoms with Gasteiger partial charge in [-0.1, -0.05) is 18.2 Å². The minimum absolute atomic E-state index is 0.162. The van der Waals surface area contributed by atoms with Crippen LogP contribution in [0.1, 0.15) is 5.56 Å². The molecule has 0 bridgehead atoms. The van der Waals surface area contributed by atoms with Crippen molar-refractivity contribution in [3.05, 3.63) is 36.0 Å². The topological polar surface area (TPSA) is 49.8 Å². The molecule has 1 N–H and O–H groups in total. The van der Waals surface area contributed by atoms with E-state index in [9.17, 15) is 4.79 Å². The third-order valence-electron chi connectivity index (χ3n) is 1.85. The van der Waals surface area contributed by atoms with Crippen LogP contribution in [0.4, 0.5) is 0 Å². The normalized spacial score (nSPS) is 13.3. The Morgan fingerprint density at radius 2 is 2.21 bits per heavy atom. The number of rotatable bonds is 2. The number of fused-ring (bicyclic) bond motifs is 1. The highest BCUT2D eigenvalue weighted by molar-refractivity contribution is 5.69. The largest absolute Gasteiger partial charge is 0.480 e. The summed E-state index contributed by atoms with van der Waals surface area (Å²) < 4.78 is 0. The molecule has 4 nitrogen and oxygen atoms in total. The Morgan fingerprint density at radius 3 is 3.00 bits per heavy atom. The fourth-order valence-electron chi connectivity index (χ4n) is 1.24. The first-order valence-electron chi connectivity index (χ1n) is 4.19. The number of carbonyl (C=O) groups is 1. The predicted octanol–water partition coefficient (Wildman–Crippen LogP) is 1.35. The molecule has 0 amide bonds. The second-order valence-corrected chi connectivity index (χ2v) is 2.91. The monoisotopic (exact) mass is 191 g/mol. The molecule has 0 aromatic heterocycles. The minimum atomic E-state index is -0.922. The number of hydrogen-bond acceptors (Lipinski definition) is 3. The van der Waals surface area contributed by atoms with Gasteiger partial charge in [-0.15, -0.1) is 0 Å². The molecule has 1 aliphatic heterocycles. The zero-order valence-corrected chi connectivity index (χ0v) is 7.38. The molecular weight excluding hydrogens is 182 g/mol. The molecule has 0 radical (unpaired) electrons. The number of para-hydroxylation sites is 1. The molecule has 0 unspecified atom stereocenters. The number of carboxylic acids is 1. The second kappa shape index (κ2) is 3.41. The van der Waals surface area contributed by atoms with Crippen LogP contribution in [0.15, 0.2) is 30.5 Å². The third kappa shape index (κ3) is 1.69. The fourth-order valence-corrected chi connectivity index (χ4v) is 1.24. The Labute approximate surface area is 81.0 Å². The highest BCUT2D eigenvalue weighted by Crippen LogP contribution is 2.24. The molecule has 0 fully saturated rings. The van der Waals surface area contributed by atoms with Crippen LogP contribution in [-0.2, 0) is 4.79 Å². The van der Waals surface area contributed by atoms with Crippen molar-refractivity contribution < 1.29 is 14.7 Å². The Hall–Kier alpha value is -1.97. The van der Waals surface area contributed by atoms with E-state index in [-0.39, 0.29) is 6.54 Å². The first kappa shape index (κ1) is 8.62. The predicted molar refractivity (Wildman–Crippen MR) is 50.4 cm³/mol. The molecular formula is C10H9NO3. The average Bonchev–Trinajstić information content (AvgIpc) is 2.17. The van der Waals surface area contributed by atoms with E-state index in [1.165, 1.54) is 5.06 Å². The van der Waals surface area contributed by atoms with Gasteiger partial charge in [-0.25, -0.2) is 5.06 Å². The van der Waals surface area contributed by atoms with E-state index in [1.54, 1.807) is 12.3 Å². The summed E-state index contributed by atoms with van der Waals surface area (Å²) in [6.07, 6.45) is 3.43. The van der Waals surface area contributed by atoms with Crippen molar-refractivity contribution in [3.8, 4) is 5.75 Å². The highest BCUT2D eigenvalue weighted by atomic mass is 16.7. The molecule has 1 aliphatic rings. The van der Waals surface area contributed by atoms with Gasteiger partial charge >= 0.3 is 5.97 Å². The minimum Gasteiger partial charge on any atom is -0.480 e. The molecule has 14 heavy (non-hydrogen) atoms. The van der Waals surface area contributed by atoms with Crippen LogP contribution in [0.5, 0.6) is 5.75 Å². The summed E-state index contributed by atoms with van der Waals surface area (Å²) in [6.45, 7) is -0.162. The summed E-state index contributed by atoms with van der Waals surface area (Å²) in [4.78, 5) is 15.7. The van der Waals surface area contributed by atoms with Crippen molar-refractivity contribution in [2.75, 3.05) is 6.54 Å². The Kier molecular flexibility index (Phi) is 2.10. The Balaban J connectivity index is 2.17. The Bertz CT molecular complexity index is 387. The Morgan fingerprint density at radius 1 is 1.43 bits per heavy atom. The molecule has 0 saturated heterocycles. The summed E-state index contributed by atoms with van der Waals surface area (Å²) in [6, 6.07) is 7.45. The summed E-state index contributed by atoms with van der Waals surface area (Å²) >= 11 is 0. The van der Waals surface area contributed by atoms with Crippen molar-refractivity contribution >= 4 is 12.0 Å². The van der Waals surface area contributed by atoms with E-state index < -0.39 is 5.97 Å². The highest BCUT2D eigenvalue weighted by Gasteiger charge is 2.13. The van der Waals surface area contributed by atoms with Crippen LogP contribution in [-0.4, -0.2) is 22.7 Å². The van der Waals surface area contributed by atoms with Crippen molar-refractivity contribution in [1.29, 1.82) is 0 Å². The molecule has 2 rings (SSSR count). The first-order valence-corrected chi connectivity index (χ1v) is 4.19. The van der Waals surface area contributed by atoms with Gasteiger partial charge in [0.15, 0.2) is 12.3 Å². The van der Waals surface area contributed by atoms with Crippen molar-refractivity contribution in [3.63, 3.8) is 0 Å². The molecule has 0 aliphatic carbocycles. The van der Waals surface area contributed by atoms with Gasteiger partial charge in [-0.3, -0.25) is 4.79 Å². The molecule has 4 heteroatoms. The summed E-state index contributed by atoms with van der Waals surface area (Å²) in [7, 11) is 0. The van der Waals surface area contributed by atoms with Crippen LogP contribution < -0.4 is 4.84 Å². The SMILES string of the molecule is O=C(O)CN1C=Cc2ccccc2O1. The van der Waals surface area contributed by atoms with E-state index in [0.717, 1.165) is 5.56 Å². The van der Waals surface area contributed by atoms with Crippen molar-refractivity contribution in [2.24, 2.45) is 0 Å². The van der Waals surface area contributed by atoms with Gasteiger partial charge in [0.2, 0.25) is 0 Å². The van der Waals surface area contributed by atoms with Gasteiger partial charge in [0.05, 0.1) is 0 Å². The zero-order chi connectivity index (χ0) is 9.97. The van der Waals surface area contributed by atoms with Gasteiger partial charge in [-0.2, -0.15) is 0 Å². The van der Waals surface area contributed by atoms with Gasteiger partial charge in [-0.05, 0) is 12.1 Å². The first-order chi connectivity index (χ1) is 6.75. The smallest absolute Gasteiger partial charge is 0.326 e. The van der Waals surface area contributed by atoms with E-state index in [0.29, 0.717) is 5.75 Å². The van der Waals surface area contributed by atoms with E-state index in [1.807, 2.05) is 24.3 Å². The van der Waals surface area contributed by atoms with Crippen molar-refractivity contribution in [2.45, 2.75) is 0 Å². The maximum absolute atomic E-state index is 10.4. The van der Waals surface area contributed by atoms with E-state index in [2.05, 4.69) is 0 Å². The number of hydroxylamine groups is 2. The summed E-state index contributed by atoms with van der Waals surface area (Å²) in [5.74, 6) is -0.245. The number of carboxylic acid groups (broad SMARTS) is 1. The molecule has 0 atom stereocenters. The van der Waals surface area contributed by atoms with Crippen LogP contribution in [0.25, 0.3) is 6.08 Å². The van der Waals surface area contributed by atoms with E-state index >= 15 is 0 Å². The number of nitrogens with zero attached hydrogens (tertiary/aromatic N) is 1. The van der Waals surface area contributed by atoms with Crippen LogP contribution in [0.2, 0.25) is 0 Å². The lowest BCUT2D eigenvalue weighted by molar-refractivity contribution is -0.143. The second-order valence-electron chi connectivity index (χ2n) is 2.91. The summed E-state index contributed by atoms with van der Waals surface area (Å²) in [5, 5.41) is 9.84. The average molecular weight is 191 g/mol. The quantitative estimate of drug-likeness (QED) is 0.766. The number of aliphatic carboxylic acids is 1. The molecule has 1 heterocycles. The van der Waals surface area contributed by atoms with E-state index in [4.69, 9.17) is 9.94 Å². The lowest BCUT2D eigenvalue weighted by Gasteiger charge is -2.23. The lowest BCUT2D eigenvalue weighted by Crippen LogP contribution is -2.29. The number of benzene rings is 1. The van der Waals surface area contributed by atoms with Gasteiger partial charge in [0, 0.05) is 11.8 Å². The standard InChI is InChI=1S/C10H9NO3/c12-10(13)7-11-6-5-8-3-1-2-4-9(8)14-11/h1-6H,7H2,(H,12,13). The maximum Gasteiger partial charge on any atom is 0.326 e. The molecule has 1 aromatic rings. The maximum atomic E-state index is 10.4. The van der Waals surface area contributed by atoms with Crippen molar-refractivity contribution in [1.82, 2.24) is 5.06 Å². The third-order valence-corrected chi connectivity index (χ3v) is 1.85. The lowest BCUT2D eigenvalue weighted by atomic mass is 10.2. The molecule has 0 saturated carbocycles. The van der Waals surface area contributed by atoms with Crippen LogP contribution >= 0.6 is 0 Å². The zero-order valence-electron chi connectivity index (χ0n) is 7.38. The molecule has 0 spiro atoms. The van der Waals surface area contributed by atoms with Gasteiger partial charge < -0.3 is 9.94 Å². The number of hydrogen-bond donors (Lipinski definition) is 1.